The number of carbonyl (C=O) groups is 2. The zero-order chi connectivity index (χ0) is 17.1. The van der Waals surface area contributed by atoms with E-state index in [1.54, 1.807) is 6.07 Å². The van der Waals surface area contributed by atoms with Crippen molar-refractivity contribution >= 4 is 76.7 Å². The summed E-state index contributed by atoms with van der Waals surface area (Å²) in [5, 5.41) is 21.2. The molecule has 0 saturated heterocycles. The number of nitrogens with one attached hydrogen (secondary N) is 1. The Morgan fingerprint density at radius 2 is 1.36 bits per heavy atom. The zero-order valence-corrected chi connectivity index (χ0v) is 13.8. The maximum atomic E-state index is 11.1. The van der Waals surface area contributed by atoms with E-state index in [2.05, 4.69) is 12.2 Å². The minimum atomic E-state index is -1.22. The topological polar surface area (TPSA) is 86.6 Å². The van der Waals surface area contributed by atoms with Gasteiger partial charge in [0.15, 0.2) is 0 Å². The summed E-state index contributed by atoms with van der Waals surface area (Å²) in [6, 6.07) is 4.33. The van der Waals surface area contributed by atoms with E-state index < -0.39 is 11.9 Å². The normalized spacial score (nSPS) is 9.64. The first-order valence-corrected chi connectivity index (χ1v) is 8.40. The van der Waals surface area contributed by atoms with Gasteiger partial charge in [0, 0.05) is 12.2 Å². The second-order valence-electron chi connectivity index (χ2n) is 5.77. The molecule has 1 aromatic rings. The second-order valence-corrected chi connectivity index (χ2v) is 5.77. The molecule has 0 aliphatic rings. The molecule has 1 rings (SSSR count). The number of carboxylic acids is 2. The second kappa shape index (κ2) is 16.2. The Morgan fingerprint density at radius 1 is 0.840 bits per heavy atom. The first kappa shape index (κ1) is 27.2. The molecule has 0 saturated carbocycles. The van der Waals surface area contributed by atoms with Crippen LogP contribution < -0.4 is 5.32 Å². The molecule has 0 radical (unpaired) electrons. The summed E-state index contributed by atoms with van der Waals surface area (Å²) < 4.78 is 0. The van der Waals surface area contributed by atoms with Gasteiger partial charge in [0.2, 0.25) is 0 Å². The van der Waals surface area contributed by atoms with Gasteiger partial charge in [-0.2, -0.15) is 0 Å². The van der Waals surface area contributed by atoms with Crippen molar-refractivity contribution in [2.75, 3.05) is 11.9 Å². The molecule has 0 heterocycles. The average molecular weight is 369 g/mol. The van der Waals surface area contributed by atoms with Crippen molar-refractivity contribution in [3.8, 4) is 0 Å². The molecule has 0 aromatic heterocycles. The van der Waals surface area contributed by atoms with E-state index in [0.29, 0.717) is 5.69 Å². The predicted molar refractivity (Wildman–Crippen MR) is 106 cm³/mol. The number of anilines is 1. The molecule has 0 fully saturated rings. The monoisotopic (exact) mass is 369 g/mol. The van der Waals surface area contributed by atoms with Crippen LogP contribution in [0.25, 0.3) is 0 Å². The Morgan fingerprint density at radius 3 is 1.88 bits per heavy atom. The predicted octanol–water partition coefficient (Wildman–Crippen LogP) is 3.34. The first-order valence-electron chi connectivity index (χ1n) is 8.40. The summed E-state index contributed by atoms with van der Waals surface area (Å²) in [5.74, 6) is -2.45. The van der Waals surface area contributed by atoms with E-state index in [-0.39, 0.29) is 70.2 Å². The number of benzene rings is 1. The van der Waals surface area contributed by atoms with Gasteiger partial charge in [0.25, 0.3) is 0 Å². The van der Waals surface area contributed by atoms with E-state index in [1.807, 2.05) is 0 Å². The van der Waals surface area contributed by atoms with E-state index in [4.69, 9.17) is 10.2 Å². The van der Waals surface area contributed by atoms with Crippen LogP contribution in [0.5, 0.6) is 0 Å². The third kappa shape index (κ3) is 11.3. The van der Waals surface area contributed by atoms with Crippen LogP contribution in [-0.2, 0) is 0 Å². The minimum absolute atomic E-state index is 0. The molecule has 0 amide bonds. The van der Waals surface area contributed by atoms with Crippen LogP contribution in [-0.4, -0.2) is 87.8 Å². The van der Waals surface area contributed by atoms with Crippen molar-refractivity contribution in [3.05, 3.63) is 29.3 Å². The molecule has 7 heteroatoms. The Kier molecular flexibility index (Phi) is 17.6. The van der Waals surface area contributed by atoms with Gasteiger partial charge >= 0.3 is 71.1 Å². The Labute approximate surface area is 194 Å². The standard InChI is InChI=1S/C18H27NO4.2Na.2H/c1-2-3-4-5-6-7-8-9-12-19-14-10-11-15(17(20)21)16(13-14)18(22)23;;;;/h10-11,13,19H,2-9,12H2,1H3,(H,20,21)(H,22,23);;;;. The van der Waals surface area contributed by atoms with Gasteiger partial charge in [0.1, 0.15) is 0 Å². The first-order chi connectivity index (χ1) is 11.1. The van der Waals surface area contributed by atoms with Crippen molar-refractivity contribution in [2.24, 2.45) is 0 Å². The van der Waals surface area contributed by atoms with Gasteiger partial charge in [-0.25, -0.2) is 9.59 Å². The molecule has 25 heavy (non-hydrogen) atoms. The summed E-state index contributed by atoms with van der Waals surface area (Å²) in [7, 11) is 0. The number of aromatic carboxylic acids is 2. The zero-order valence-electron chi connectivity index (χ0n) is 13.8. The molecule has 0 aliphatic heterocycles. The summed E-state index contributed by atoms with van der Waals surface area (Å²) >= 11 is 0. The van der Waals surface area contributed by atoms with E-state index in [0.717, 1.165) is 19.4 Å². The third-order valence-electron chi connectivity index (χ3n) is 3.84. The molecule has 0 bridgehead atoms. The Bertz CT molecular complexity index is 524. The molecule has 132 valence electrons. The molecule has 5 nitrogen and oxygen atoms in total. The maximum absolute atomic E-state index is 11.1. The summed E-state index contributed by atoms with van der Waals surface area (Å²) in [6.45, 7) is 2.98. The van der Waals surface area contributed by atoms with Crippen molar-refractivity contribution < 1.29 is 19.8 Å². The van der Waals surface area contributed by atoms with Crippen molar-refractivity contribution in [3.63, 3.8) is 0 Å². The molecule has 1 aromatic carbocycles. The van der Waals surface area contributed by atoms with Crippen LogP contribution >= 0.6 is 0 Å². The number of hydrogen-bond acceptors (Lipinski definition) is 3. The van der Waals surface area contributed by atoms with Gasteiger partial charge < -0.3 is 15.5 Å². The van der Waals surface area contributed by atoms with Crippen LogP contribution in [0.4, 0.5) is 5.69 Å². The fraction of sp³-hybridized carbons (Fsp3) is 0.556. The SMILES string of the molecule is CCCCCCCCCCNc1ccc(C(=O)O)c(C(=O)O)c1.[NaH].[NaH]. The van der Waals surface area contributed by atoms with Gasteiger partial charge in [-0.05, 0) is 24.6 Å². The van der Waals surface area contributed by atoms with Crippen molar-refractivity contribution in [1.29, 1.82) is 0 Å². The van der Waals surface area contributed by atoms with Crippen molar-refractivity contribution in [2.45, 2.75) is 58.3 Å². The molecule has 0 atom stereocenters. The molecule has 3 N–H and O–H groups in total. The van der Waals surface area contributed by atoms with E-state index >= 15 is 0 Å². The molecular formula is C18H29NNa2O4. The number of hydrogen-bond donors (Lipinski definition) is 3. The van der Waals surface area contributed by atoms with Gasteiger partial charge in [-0.3, -0.25) is 0 Å². The summed E-state index contributed by atoms with van der Waals surface area (Å²) in [6.07, 6.45) is 9.89. The van der Waals surface area contributed by atoms with Crippen LogP contribution in [0.3, 0.4) is 0 Å². The van der Waals surface area contributed by atoms with Gasteiger partial charge in [0.05, 0.1) is 11.1 Å². The Balaban J connectivity index is 0. The number of rotatable bonds is 12. The fourth-order valence-electron chi connectivity index (χ4n) is 2.51. The van der Waals surface area contributed by atoms with Crippen LogP contribution in [0.1, 0.15) is 79.0 Å². The van der Waals surface area contributed by atoms with Gasteiger partial charge in [-0.1, -0.05) is 51.9 Å². The van der Waals surface area contributed by atoms with Crippen LogP contribution in [0.2, 0.25) is 0 Å². The van der Waals surface area contributed by atoms with Crippen molar-refractivity contribution in [1.82, 2.24) is 0 Å². The summed E-state index contributed by atoms with van der Waals surface area (Å²) in [4.78, 5) is 22.1. The molecule has 0 aliphatic carbocycles. The molecular weight excluding hydrogens is 340 g/mol. The van der Waals surface area contributed by atoms with Gasteiger partial charge in [-0.15, -0.1) is 0 Å². The van der Waals surface area contributed by atoms with Crippen LogP contribution in [0, 0.1) is 0 Å². The third-order valence-corrected chi connectivity index (χ3v) is 3.84. The molecule has 0 spiro atoms. The fourth-order valence-corrected chi connectivity index (χ4v) is 2.51. The summed E-state index contributed by atoms with van der Waals surface area (Å²) in [5.41, 5.74) is 0.281. The van der Waals surface area contributed by atoms with Crippen LogP contribution in [0.15, 0.2) is 18.2 Å². The molecule has 0 unspecified atom stereocenters. The average Bonchev–Trinajstić information content (AvgIpc) is 2.53. The van der Waals surface area contributed by atoms with E-state index in [1.165, 1.54) is 50.7 Å². The Hall–Kier alpha value is -0.0400. The number of carboxylic acid groups (broad SMARTS) is 2. The number of unbranched alkanes of at least 4 members (excludes halogenated alkanes) is 7. The van der Waals surface area contributed by atoms with E-state index in [9.17, 15) is 9.59 Å². The quantitative estimate of drug-likeness (QED) is 0.389.